The molecule has 1 heterocycles. The van der Waals surface area contributed by atoms with Crippen molar-refractivity contribution >= 4 is 9.84 Å². The molecule has 0 bridgehead atoms. The highest BCUT2D eigenvalue weighted by molar-refractivity contribution is 7.91. The quantitative estimate of drug-likeness (QED) is 0.535. The van der Waals surface area contributed by atoms with Crippen LogP contribution in [0.3, 0.4) is 0 Å². The Hall–Kier alpha value is -2.44. The second-order valence-electron chi connectivity index (χ2n) is 7.67. The van der Waals surface area contributed by atoms with Gasteiger partial charge in [0.15, 0.2) is 0 Å². The van der Waals surface area contributed by atoms with E-state index in [1.165, 1.54) is 11.1 Å². The van der Waals surface area contributed by atoms with Crippen LogP contribution in [0.2, 0.25) is 0 Å². The molecule has 6 heteroatoms. The lowest BCUT2D eigenvalue weighted by Gasteiger charge is -2.19. The maximum atomic E-state index is 12.9. The van der Waals surface area contributed by atoms with Gasteiger partial charge in [0, 0.05) is 19.6 Å². The minimum atomic E-state index is -3.45. The first-order valence-electron chi connectivity index (χ1n) is 9.92. The minimum Gasteiger partial charge on any atom is -0.317 e. The molecular formula is C23H29N3O2S. The van der Waals surface area contributed by atoms with Gasteiger partial charge in [-0.1, -0.05) is 60.7 Å². The molecule has 3 aromatic rings. The fourth-order valence-corrected chi connectivity index (χ4v) is 4.45. The lowest BCUT2D eigenvalue weighted by atomic mass is 10.1. The summed E-state index contributed by atoms with van der Waals surface area (Å²) < 4.78 is 27.6. The molecule has 0 aliphatic heterocycles. The Morgan fingerprint density at radius 2 is 1.52 bits per heavy atom. The van der Waals surface area contributed by atoms with Crippen LogP contribution >= 0.6 is 0 Å². The van der Waals surface area contributed by atoms with Crippen molar-refractivity contribution in [3.8, 4) is 0 Å². The molecule has 0 amide bonds. The Morgan fingerprint density at radius 1 is 0.931 bits per heavy atom. The van der Waals surface area contributed by atoms with E-state index in [0.717, 1.165) is 18.7 Å². The van der Waals surface area contributed by atoms with Crippen LogP contribution < -0.4 is 0 Å². The Bertz CT molecular complexity index is 1010. The van der Waals surface area contributed by atoms with Crippen LogP contribution in [0.4, 0.5) is 0 Å². The topological polar surface area (TPSA) is 55.2 Å². The van der Waals surface area contributed by atoms with Crippen molar-refractivity contribution in [2.24, 2.45) is 0 Å². The summed E-state index contributed by atoms with van der Waals surface area (Å²) >= 11 is 0. The summed E-state index contributed by atoms with van der Waals surface area (Å²) in [6.07, 6.45) is 2.47. The van der Waals surface area contributed by atoms with E-state index < -0.39 is 15.1 Å². The number of imidazole rings is 1. The molecule has 1 aromatic heterocycles. The zero-order chi connectivity index (χ0) is 20.9. The molecule has 2 aromatic carbocycles. The van der Waals surface area contributed by atoms with Gasteiger partial charge in [-0.3, -0.25) is 4.90 Å². The summed E-state index contributed by atoms with van der Waals surface area (Å²) in [5, 5.41) is -0.332. The van der Waals surface area contributed by atoms with Gasteiger partial charge < -0.3 is 4.57 Å². The predicted octanol–water partition coefficient (Wildman–Crippen LogP) is 3.94. The van der Waals surface area contributed by atoms with Gasteiger partial charge in [0.1, 0.15) is 0 Å². The van der Waals surface area contributed by atoms with Crippen LogP contribution in [0, 0.1) is 0 Å². The van der Waals surface area contributed by atoms with E-state index in [1.54, 1.807) is 20.0 Å². The van der Waals surface area contributed by atoms with Gasteiger partial charge >= 0.3 is 0 Å². The van der Waals surface area contributed by atoms with Crippen molar-refractivity contribution in [3.63, 3.8) is 0 Å². The van der Waals surface area contributed by atoms with Gasteiger partial charge in [-0.25, -0.2) is 13.4 Å². The Morgan fingerprint density at radius 3 is 2.10 bits per heavy atom. The second-order valence-corrected chi connectivity index (χ2v) is 10.1. The highest BCUT2D eigenvalue weighted by atomic mass is 32.2. The third-order valence-corrected chi connectivity index (χ3v) is 7.05. The van der Waals surface area contributed by atoms with Crippen LogP contribution in [-0.2, 0) is 35.9 Å². The zero-order valence-corrected chi connectivity index (χ0v) is 18.1. The molecule has 29 heavy (non-hydrogen) atoms. The molecular weight excluding hydrogens is 382 g/mol. The first-order valence-corrected chi connectivity index (χ1v) is 11.5. The van der Waals surface area contributed by atoms with Crippen molar-refractivity contribution in [1.82, 2.24) is 14.5 Å². The number of benzene rings is 2. The van der Waals surface area contributed by atoms with Crippen molar-refractivity contribution in [3.05, 3.63) is 83.7 Å². The van der Waals surface area contributed by atoms with Crippen molar-refractivity contribution in [1.29, 1.82) is 0 Å². The minimum absolute atomic E-state index is 0.173. The molecule has 154 valence electrons. The van der Waals surface area contributed by atoms with Crippen LogP contribution in [-0.4, -0.2) is 35.2 Å². The summed E-state index contributed by atoms with van der Waals surface area (Å²) in [5.41, 5.74) is 3.32. The third-order valence-electron chi connectivity index (χ3n) is 4.97. The van der Waals surface area contributed by atoms with Gasteiger partial charge in [0.25, 0.3) is 0 Å². The largest absolute Gasteiger partial charge is 0.317 e. The van der Waals surface area contributed by atoms with Crippen molar-refractivity contribution < 1.29 is 8.42 Å². The fraction of sp³-hybridized carbons (Fsp3) is 0.348. The Labute approximate surface area is 173 Å². The summed E-state index contributed by atoms with van der Waals surface area (Å²) in [4.78, 5) is 6.51. The average Bonchev–Trinajstić information content (AvgIpc) is 3.10. The summed E-state index contributed by atoms with van der Waals surface area (Å²) in [6, 6.07) is 20.4. The van der Waals surface area contributed by atoms with E-state index >= 15 is 0 Å². The van der Waals surface area contributed by atoms with E-state index in [9.17, 15) is 8.42 Å². The maximum absolute atomic E-state index is 12.9. The lowest BCUT2D eigenvalue weighted by Crippen LogP contribution is -2.23. The standard InChI is InChI=1S/C23H29N3O2S/c1-19(2)29(27,28)23-24-16-22(18-25(3)17-21-12-8-5-9-13-21)26(23)15-14-20-10-6-4-7-11-20/h4-13,16,19H,14-15,17-18H2,1-3H3. The summed E-state index contributed by atoms with van der Waals surface area (Å²) in [5.74, 6) is 0. The third kappa shape index (κ3) is 5.34. The number of hydrogen-bond donors (Lipinski definition) is 0. The predicted molar refractivity (Wildman–Crippen MR) is 116 cm³/mol. The van der Waals surface area contributed by atoms with Crippen LogP contribution in [0.15, 0.2) is 72.0 Å². The van der Waals surface area contributed by atoms with Gasteiger partial charge in [-0.05, 0) is 38.4 Å². The highest BCUT2D eigenvalue weighted by Crippen LogP contribution is 2.19. The smallest absolute Gasteiger partial charge is 0.228 e. The van der Waals surface area contributed by atoms with Crippen molar-refractivity contribution in [2.45, 2.75) is 50.3 Å². The first kappa shape index (κ1) is 21.3. The summed E-state index contributed by atoms with van der Waals surface area (Å²) in [7, 11) is -1.41. The number of rotatable bonds is 9. The number of aryl methyl sites for hydroxylation is 1. The van der Waals surface area contributed by atoms with Gasteiger partial charge in [-0.15, -0.1) is 0 Å². The molecule has 0 aliphatic rings. The molecule has 0 atom stereocenters. The Kier molecular flexibility index (Phi) is 6.87. The lowest BCUT2D eigenvalue weighted by molar-refractivity contribution is 0.307. The van der Waals surface area contributed by atoms with Crippen LogP contribution in [0.25, 0.3) is 0 Å². The molecule has 3 rings (SSSR count). The number of aromatic nitrogens is 2. The van der Waals surface area contributed by atoms with Gasteiger partial charge in [0.05, 0.1) is 17.1 Å². The molecule has 0 N–H and O–H groups in total. The fourth-order valence-electron chi connectivity index (χ4n) is 3.31. The SMILES string of the molecule is CC(C)S(=O)(=O)c1ncc(CN(C)Cc2ccccc2)n1CCc1ccccc1. The Balaban J connectivity index is 1.84. The molecule has 5 nitrogen and oxygen atoms in total. The van der Waals surface area contributed by atoms with E-state index in [0.29, 0.717) is 13.1 Å². The second kappa shape index (κ2) is 9.37. The number of hydrogen-bond acceptors (Lipinski definition) is 4. The van der Waals surface area contributed by atoms with Crippen LogP contribution in [0.1, 0.15) is 30.7 Å². The number of nitrogens with zero attached hydrogens (tertiary/aromatic N) is 3. The van der Waals surface area contributed by atoms with Crippen molar-refractivity contribution in [2.75, 3.05) is 7.05 Å². The maximum Gasteiger partial charge on any atom is 0.228 e. The molecule has 0 fully saturated rings. The average molecular weight is 412 g/mol. The van der Waals surface area contributed by atoms with E-state index in [4.69, 9.17) is 0 Å². The molecule has 0 saturated carbocycles. The van der Waals surface area contributed by atoms with E-state index in [2.05, 4.69) is 34.1 Å². The zero-order valence-electron chi connectivity index (χ0n) is 17.3. The van der Waals surface area contributed by atoms with E-state index in [-0.39, 0.29) is 5.16 Å². The highest BCUT2D eigenvalue weighted by Gasteiger charge is 2.26. The molecule has 0 spiro atoms. The molecule has 0 radical (unpaired) electrons. The molecule has 0 aliphatic carbocycles. The van der Waals surface area contributed by atoms with Gasteiger partial charge in [-0.2, -0.15) is 0 Å². The monoisotopic (exact) mass is 411 g/mol. The number of sulfone groups is 1. The summed E-state index contributed by atoms with van der Waals surface area (Å²) in [6.45, 7) is 5.40. The molecule has 0 unspecified atom stereocenters. The van der Waals surface area contributed by atoms with Gasteiger partial charge in [0.2, 0.25) is 15.0 Å². The van der Waals surface area contributed by atoms with E-state index in [1.807, 2.05) is 48.0 Å². The van der Waals surface area contributed by atoms with Crippen LogP contribution in [0.5, 0.6) is 0 Å². The normalized spacial score (nSPS) is 12.0. The molecule has 0 saturated heterocycles. The first-order chi connectivity index (χ1) is 13.9.